The Kier molecular flexibility index (Phi) is 3.19. The Morgan fingerprint density at radius 3 is 3.09 bits per heavy atom. The zero-order valence-corrected chi connectivity index (χ0v) is 6.53. The summed E-state index contributed by atoms with van der Waals surface area (Å²) in [6, 6.07) is 0. The molecule has 0 aliphatic heterocycles. The molecule has 0 radical (unpaired) electrons. The van der Waals surface area contributed by atoms with E-state index in [9.17, 15) is 0 Å². The second-order valence-corrected chi connectivity index (χ2v) is 2.08. The van der Waals surface area contributed by atoms with Gasteiger partial charge in [-0.25, -0.2) is 4.98 Å². The van der Waals surface area contributed by atoms with Crippen molar-refractivity contribution in [3.05, 3.63) is 42.7 Å². The van der Waals surface area contributed by atoms with Crippen LogP contribution in [0.2, 0.25) is 0 Å². The van der Waals surface area contributed by atoms with E-state index >= 15 is 0 Å². The molecule has 0 aromatic carbocycles. The molecular weight excluding hydrogens is 138 g/mol. The quantitative estimate of drug-likeness (QED) is 0.616. The van der Waals surface area contributed by atoms with E-state index in [-0.39, 0.29) is 0 Å². The first-order chi connectivity index (χ1) is 5.43. The summed E-state index contributed by atoms with van der Waals surface area (Å²) in [5, 5.41) is 0. The first-order valence-electron chi connectivity index (χ1n) is 3.59. The van der Waals surface area contributed by atoms with Gasteiger partial charge in [-0.3, -0.25) is 0 Å². The Hall–Kier alpha value is -1.31. The van der Waals surface area contributed by atoms with Crippen LogP contribution in [0.1, 0.15) is 12.8 Å². The van der Waals surface area contributed by atoms with Gasteiger partial charge in [0.05, 0.1) is 6.20 Å². The van der Waals surface area contributed by atoms with Gasteiger partial charge in [0, 0.05) is 6.42 Å². The minimum atomic E-state index is 0.755. The molecule has 0 bridgehead atoms. The van der Waals surface area contributed by atoms with Gasteiger partial charge in [0.25, 0.3) is 0 Å². The van der Waals surface area contributed by atoms with Crippen LogP contribution < -0.4 is 0 Å². The molecule has 58 valence electrons. The average molecular weight is 149 g/mol. The molecule has 0 atom stereocenters. The van der Waals surface area contributed by atoms with Crippen molar-refractivity contribution in [1.29, 1.82) is 0 Å². The molecule has 0 fully saturated rings. The molecule has 0 saturated carbocycles. The zero-order chi connectivity index (χ0) is 7.94. The van der Waals surface area contributed by atoms with Crippen molar-refractivity contribution in [1.82, 2.24) is 4.98 Å². The van der Waals surface area contributed by atoms with Crippen molar-refractivity contribution < 1.29 is 4.42 Å². The Bertz CT molecular complexity index is 234. The molecule has 1 aromatic heterocycles. The highest BCUT2D eigenvalue weighted by atomic mass is 16.3. The van der Waals surface area contributed by atoms with Gasteiger partial charge >= 0.3 is 0 Å². The van der Waals surface area contributed by atoms with Crippen molar-refractivity contribution in [2.75, 3.05) is 0 Å². The molecule has 0 amide bonds. The summed E-state index contributed by atoms with van der Waals surface area (Å²) >= 11 is 0. The van der Waals surface area contributed by atoms with Crippen LogP contribution in [0.25, 0.3) is 0 Å². The lowest BCUT2D eigenvalue weighted by Gasteiger charge is -1.82. The number of hydrogen-bond donors (Lipinski definition) is 0. The van der Waals surface area contributed by atoms with E-state index in [1.54, 1.807) is 12.5 Å². The summed E-state index contributed by atoms with van der Waals surface area (Å²) < 4.78 is 5.03. The topological polar surface area (TPSA) is 26.0 Å². The lowest BCUT2D eigenvalue weighted by atomic mass is 10.3. The third kappa shape index (κ3) is 2.85. The van der Waals surface area contributed by atoms with E-state index in [0.717, 1.165) is 12.3 Å². The second-order valence-electron chi connectivity index (χ2n) is 2.08. The number of rotatable bonds is 3. The number of oxazole rings is 1. The molecule has 0 spiro atoms. The van der Waals surface area contributed by atoms with Crippen LogP contribution in [0.15, 0.2) is 41.2 Å². The van der Waals surface area contributed by atoms with E-state index in [1.165, 1.54) is 0 Å². The summed E-state index contributed by atoms with van der Waals surface area (Å²) in [5.41, 5.74) is 0. The molecule has 0 N–H and O–H groups in total. The maximum atomic E-state index is 5.03. The van der Waals surface area contributed by atoms with Crippen LogP contribution >= 0.6 is 0 Å². The van der Waals surface area contributed by atoms with Crippen molar-refractivity contribution in [2.24, 2.45) is 0 Å². The molecule has 2 nitrogen and oxygen atoms in total. The van der Waals surface area contributed by atoms with E-state index in [0.29, 0.717) is 0 Å². The maximum absolute atomic E-state index is 5.03. The second kappa shape index (κ2) is 4.50. The van der Waals surface area contributed by atoms with Crippen molar-refractivity contribution in [2.45, 2.75) is 13.3 Å². The first kappa shape index (κ1) is 7.79. The van der Waals surface area contributed by atoms with Crippen molar-refractivity contribution in [3.63, 3.8) is 0 Å². The SMILES string of the molecule is C/C=C/C=C/Cc1ncco1. The molecular formula is C9H11NO. The largest absolute Gasteiger partial charge is 0.449 e. The average Bonchev–Trinajstić information content (AvgIpc) is 2.50. The van der Waals surface area contributed by atoms with Crippen molar-refractivity contribution >= 4 is 0 Å². The Balaban J connectivity index is 2.34. The maximum Gasteiger partial charge on any atom is 0.197 e. The van der Waals surface area contributed by atoms with Gasteiger partial charge in [0.15, 0.2) is 5.89 Å². The van der Waals surface area contributed by atoms with Gasteiger partial charge < -0.3 is 4.42 Å². The van der Waals surface area contributed by atoms with Gasteiger partial charge in [-0.2, -0.15) is 0 Å². The monoisotopic (exact) mass is 149 g/mol. The summed E-state index contributed by atoms with van der Waals surface area (Å²) in [4.78, 5) is 3.97. The Morgan fingerprint density at radius 2 is 2.45 bits per heavy atom. The highest BCUT2D eigenvalue weighted by Gasteiger charge is 1.89. The lowest BCUT2D eigenvalue weighted by molar-refractivity contribution is 0.509. The predicted octanol–water partition coefficient (Wildman–Crippen LogP) is 2.35. The predicted molar refractivity (Wildman–Crippen MR) is 44.2 cm³/mol. The molecule has 0 unspecified atom stereocenters. The fourth-order valence-corrected chi connectivity index (χ4v) is 0.712. The molecule has 0 saturated heterocycles. The standard InChI is InChI=1S/C9H11NO/c1-2-3-4-5-6-9-10-7-8-11-9/h2-5,7-8H,6H2,1H3/b3-2+,5-4+. The van der Waals surface area contributed by atoms with Gasteiger partial charge in [-0.1, -0.05) is 24.3 Å². The van der Waals surface area contributed by atoms with Crippen LogP contribution in [0.4, 0.5) is 0 Å². The normalized spacial score (nSPS) is 11.7. The fraction of sp³-hybridized carbons (Fsp3) is 0.222. The number of hydrogen-bond acceptors (Lipinski definition) is 2. The van der Waals surface area contributed by atoms with Crippen LogP contribution in [0, 0.1) is 0 Å². The minimum Gasteiger partial charge on any atom is -0.449 e. The van der Waals surface area contributed by atoms with E-state index in [1.807, 2.05) is 31.2 Å². The molecule has 1 heterocycles. The number of allylic oxidation sites excluding steroid dienone is 4. The molecule has 11 heavy (non-hydrogen) atoms. The van der Waals surface area contributed by atoms with E-state index in [4.69, 9.17) is 4.42 Å². The summed E-state index contributed by atoms with van der Waals surface area (Å²) in [6.45, 7) is 1.98. The zero-order valence-electron chi connectivity index (χ0n) is 6.53. The summed E-state index contributed by atoms with van der Waals surface area (Å²) in [5.74, 6) is 0.755. The van der Waals surface area contributed by atoms with E-state index in [2.05, 4.69) is 4.98 Å². The van der Waals surface area contributed by atoms with E-state index < -0.39 is 0 Å². The van der Waals surface area contributed by atoms with Crippen LogP contribution in [-0.4, -0.2) is 4.98 Å². The minimum absolute atomic E-state index is 0.755. The smallest absolute Gasteiger partial charge is 0.197 e. The molecule has 2 heteroatoms. The van der Waals surface area contributed by atoms with Gasteiger partial charge in [-0.05, 0) is 6.92 Å². The molecule has 0 aliphatic carbocycles. The number of aromatic nitrogens is 1. The van der Waals surface area contributed by atoms with Crippen molar-refractivity contribution in [3.8, 4) is 0 Å². The van der Waals surface area contributed by atoms with Crippen LogP contribution in [0.5, 0.6) is 0 Å². The van der Waals surface area contributed by atoms with Gasteiger partial charge in [-0.15, -0.1) is 0 Å². The van der Waals surface area contributed by atoms with Gasteiger partial charge in [0.2, 0.25) is 0 Å². The summed E-state index contributed by atoms with van der Waals surface area (Å²) in [6.07, 6.45) is 11.9. The third-order valence-corrected chi connectivity index (χ3v) is 1.22. The van der Waals surface area contributed by atoms with Crippen LogP contribution in [0.3, 0.4) is 0 Å². The van der Waals surface area contributed by atoms with Crippen LogP contribution in [-0.2, 0) is 6.42 Å². The Labute approximate surface area is 66.3 Å². The molecule has 0 aliphatic rings. The fourth-order valence-electron chi connectivity index (χ4n) is 0.712. The molecule has 1 aromatic rings. The number of nitrogens with zero attached hydrogens (tertiary/aromatic N) is 1. The summed E-state index contributed by atoms with van der Waals surface area (Å²) in [7, 11) is 0. The highest BCUT2D eigenvalue weighted by molar-refractivity contribution is 5.03. The van der Waals surface area contributed by atoms with Gasteiger partial charge in [0.1, 0.15) is 6.26 Å². The lowest BCUT2D eigenvalue weighted by Crippen LogP contribution is -1.77. The Morgan fingerprint density at radius 1 is 1.55 bits per heavy atom. The first-order valence-corrected chi connectivity index (χ1v) is 3.59. The highest BCUT2D eigenvalue weighted by Crippen LogP contribution is 1.95. The third-order valence-electron chi connectivity index (χ3n) is 1.22. The molecule has 1 rings (SSSR count).